The number of nitrogens with one attached hydrogen (secondary N) is 1. The third-order valence-electron chi connectivity index (χ3n) is 3.37. The third kappa shape index (κ3) is 5.66. The molecule has 4 heteroatoms. The Morgan fingerprint density at radius 3 is 2.88 bits per heavy atom. The molecule has 3 nitrogen and oxygen atoms in total. The topological polar surface area (TPSA) is 32.3 Å². The maximum atomic E-state index is 11.9. The van der Waals surface area contributed by atoms with E-state index in [0.717, 1.165) is 32.4 Å². The average molecular weight is 258 g/mol. The average Bonchev–Trinajstić information content (AvgIpc) is 2.34. The van der Waals surface area contributed by atoms with Crippen LogP contribution in [0.3, 0.4) is 0 Å². The summed E-state index contributed by atoms with van der Waals surface area (Å²) >= 11 is 1.89. The molecule has 1 aliphatic heterocycles. The number of likely N-dealkylation sites (tertiary alicyclic amines) is 1. The maximum absolute atomic E-state index is 11.9. The largest absolute Gasteiger partial charge is 0.338 e. The van der Waals surface area contributed by atoms with E-state index in [9.17, 15) is 4.79 Å². The van der Waals surface area contributed by atoms with E-state index in [0.29, 0.717) is 6.04 Å². The number of rotatable bonds is 6. The van der Waals surface area contributed by atoms with Gasteiger partial charge in [0.25, 0.3) is 0 Å². The second-order valence-corrected chi connectivity index (χ2v) is 5.81. The molecule has 1 fully saturated rings. The van der Waals surface area contributed by atoms with Gasteiger partial charge in [0.1, 0.15) is 0 Å². The first-order valence-electron chi connectivity index (χ1n) is 6.79. The lowest BCUT2D eigenvalue weighted by Crippen LogP contribution is -2.47. The van der Waals surface area contributed by atoms with Crippen molar-refractivity contribution in [2.75, 3.05) is 25.1 Å². The van der Waals surface area contributed by atoms with E-state index in [1.807, 2.05) is 16.7 Å². The van der Waals surface area contributed by atoms with Crippen LogP contribution in [0.1, 0.15) is 45.4 Å². The molecule has 1 atom stereocenters. The molecule has 0 aliphatic carbocycles. The van der Waals surface area contributed by atoms with E-state index in [4.69, 9.17) is 0 Å². The first-order valence-corrected chi connectivity index (χ1v) is 8.18. The van der Waals surface area contributed by atoms with Crippen molar-refractivity contribution < 1.29 is 4.79 Å². The first-order chi connectivity index (χ1) is 8.25. The Kier molecular flexibility index (Phi) is 7.49. The van der Waals surface area contributed by atoms with E-state index in [1.165, 1.54) is 25.0 Å². The Balaban J connectivity index is 2.07. The molecule has 0 aromatic rings. The van der Waals surface area contributed by atoms with Crippen LogP contribution in [-0.2, 0) is 0 Å². The van der Waals surface area contributed by atoms with Gasteiger partial charge in [-0.25, -0.2) is 4.79 Å². The molecule has 1 saturated heterocycles. The molecule has 1 aliphatic rings. The number of amides is 2. The highest BCUT2D eigenvalue weighted by Gasteiger charge is 2.22. The summed E-state index contributed by atoms with van der Waals surface area (Å²) in [7, 11) is 0. The minimum atomic E-state index is 0.141. The quantitative estimate of drug-likeness (QED) is 0.743. The van der Waals surface area contributed by atoms with Crippen LogP contribution in [0.15, 0.2) is 0 Å². The Labute approximate surface area is 110 Å². The van der Waals surface area contributed by atoms with Gasteiger partial charge in [0.15, 0.2) is 0 Å². The van der Waals surface area contributed by atoms with Crippen LogP contribution in [-0.4, -0.2) is 42.1 Å². The van der Waals surface area contributed by atoms with Crippen molar-refractivity contribution in [3.05, 3.63) is 0 Å². The van der Waals surface area contributed by atoms with E-state index in [2.05, 4.69) is 18.5 Å². The number of nitrogens with zero attached hydrogens (tertiary/aromatic N) is 1. The minimum Gasteiger partial charge on any atom is -0.338 e. The SMILES string of the molecule is CSCCCCCNC(=O)N1CCCC[C@@H]1C. The zero-order valence-electron chi connectivity index (χ0n) is 11.2. The zero-order valence-corrected chi connectivity index (χ0v) is 12.0. The zero-order chi connectivity index (χ0) is 12.5. The lowest BCUT2D eigenvalue weighted by Gasteiger charge is -2.33. The highest BCUT2D eigenvalue weighted by atomic mass is 32.2. The van der Waals surface area contributed by atoms with Gasteiger partial charge in [0.05, 0.1) is 0 Å². The van der Waals surface area contributed by atoms with Crippen LogP contribution in [0, 0.1) is 0 Å². The van der Waals surface area contributed by atoms with Gasteiger partial charge >= 0.3 is 6.03 Å². The van der Waals surface area contributed by atoms with Crippen molar-refractivity contribution in [2.45, 2.75) is 51.5 Å². The van der Waals surface area contributed by atoms with Gasteiger partial charge in [-0.2, -0.15) is 11.8 Å². The third-order valence-corrected chi connectivity index (χ3v) is 4.06. The van der Waals surface area contributed by atoms with Gasteiger partial charge in [-0.3, -0.25) is 0 Å². The van der Waals surface area contributed by atoms with E-state index in [-0.39, 0.29) is 6.03 Å². The van der Waals surface area contributed by atoms with Gasteiger partial charge < -0.3 is 10.2 Å². The fourth-order valence-electron chi connectivity index (χ4n) is 2.24. The van der Waals surface area contributed by atoms with Crippen molar-refractivity contribution in [2.24, 2.45) is 0 Å². The molecule has 1 heterocycles. The van der Waals surface area contributed by atoms with Crippen molar-refractivity contribution in [3.8, 4) is 0 Å². The molecule has 0 bridgehead atoms. The molecule has 2 amide bonds. The van der Waals surface area contributed by atoms with Crippen LogP contribution in [0.5, 0.6) is 0 Å². The highest BCUT2D eigenvalue weighted by molar-refractivity contribution is 7.98. The van der Waals surface area contributed by atoms with Gasteiger partial charge in [-0.15, -0.1) is 0 Å². The van der Waals surface area contributed by atoms with Gasteiger partial charge in [0, 0.05) is 19.1 Å². The smallest absolute Gasteiger partial charge is 0.317 e. The van der Waals surface area contributed by atoms with Crippen LogP contribution in [0.2, 0.25) is 0 Å². The molecule has 1 N–H and O–H groups in total. The van der Waals surface area contributed by atoms with Crippen molar-refractivity contribution in [1.29, 1.82) is 0 Å². The molecule has 100 valence electrons. The van der Waals surface area contributed by atoms with Crippen LogP contribution in [0.25, 0.3) is 0 Å². The normalized spacial score (nSPS) is 20.4. The monoisotopic (exact) mass is 258 g/mol. The minimum absolute atomic E-state index is 0.141. The number of piperidine rings is 1. The van der Waals surface area contributed by atoms with Gasteiger partial charge in [0.2, 0.25) is 0 Å². The predicted molar refractivity (Wildman–Crippen MR) is 75.7 cm³/mol. The molecule has 0 aromatic heterocycles. The first kappa shape index (κ1) is 14.7. The summed E-state index contributed by atoms with van der Waals surface area (Å²) in [5.41, 5.74) is 0. The molecule has 17 heavy (non-hydrogen) atoms. The van der Waals surface area contributed by atoms with Crippen molar-refractivity contribution in [1.82, 2.24) is 10.2 Å². The Morgan fingerprint density at radius 1 is 1.35 bits per heavy atom. The standard InChI is InChI=1S/C13H26N2OS/c1-12-8-4-6-10-15(12)13(16)14-9-5-3-7-11-17-2/h12H,3-11H2,1-2H3,(H,14,16)/t12-/m0/s1. The summed E-state index contributed by atoms with van der Waals surface area (Å²) in [5, 5.41) is 3.04. The van der Waals surface area contributed by atoms with Crippen molar-refractivity contribution in [3.63, 3.8) is 0 Å². The summed E-state index contributed by atoms with van der Waals surface area (Å²) in [6, 6.07) is 0.558. The predicted octanol–water partition coefficient (Wildman–Crippen LogP) is 3.10. The summed E-state index contributed by atoms with van der Waals surface area (Å²) in [6.45, 7) is 3.91. The van der Waals surface area contributed by atoms with Crippen LogP contribution >= 0.6 is 11.8 Å². The molecule has 0 unspecified atom stereocenters. The van der Waals surface area contributed by atoms with Gasteiger partial charge in [-0.1, -0.05) is 6.42 Å². The fraction of sp³-hybridized carbons (Fsp3) is 0.923. The Bertz CT molecular complexity index is 223. The summed E-state index contributed by atoms with van der Waals surface area (Å²) in [4.78, 5) is 13.9. The molecular weight excluding hydrogens is 232 g/mol. The lowest BCUT2D eigenvalue weighted by atomic mass is 10.0. The summed E-state index contributed by atoms with van der Waals surface area (Å²) in [5.74, 6) is 1.23. The molecular formula is C13H26N2OS. The number of carbonyl (C=O) groups is 1. The molecule has 0 saturated carbocycles. The Hall–Kier alpha value is -0.380. The second kappa shape index (κ2) is 8.67. The fourth-order valence-corrected chi connectivity index (χ4v) is 2.74. The lowest BCUT2D eigenvalue weighted by molar-refractivity contribution is 0.158. The second-order valence-electron chi connectivity index (χ2n) is 4.82. The van der Waals surface area contributed by atoms with Crippen molar-refractivity contribution >= 4 is 17.8 Å². The number of carbonyl (C=O) groups excluding carboxylic acids is 1. The Morgan fingerprint density at radius 2 is 2.18 bits per heavy atom. The van der Waals surface area contributed by atoms with E-state index in [1.54, 1.807) is 0 Å². The number of hydrogen-bond donors (Lipinski definition) is 1. The summed E-state index contributed by atoms with van der Waals surface area (Å²) < 4.78 is 0. The molecule has 0 spiro atoms. The molecule has 1 rings (SSSR count). The maximum Gasteiger partial charge on any atom is 0.317 e. The number of thioether (sulfide) groups is 1. The molecule has 0 aromatic carbocycles. The van der Waals surface area contributed by atoms with Crippen LogP contribution in [0.4, 0.5) is 4.79 Å². The van der Waals surface area contributed by atoms with Crippen LogP contribution < -0.4 is 5.32 Å². The van der Waals surface area contributed by atoms with Gasteiger partial charge in [-0.05, 0) is 51.0 Å². The summed E-state index contributed by atoms with van der Waals surface area (Å²) in [6.07, 6.45) is 9.30. The van der Waals surface area contributed by atoms with E-state index >= 15 is 0 Å². The van der Waals surface area contributed by atoms with E-state index < -0.39 is 0 Å². The number of hydrogen-bond acceptors (Lipinski definition) is 2. The number of unbranched alkanes of at least 4 members (excludes halogenated alkanes) is 2. The number of urea groups is 1. The highest BCUT2D eigenvalue weighted by Crippen LogP contribution is 2.16. The molecule has 0 radical (unpaired) electrons.